The van der Waals surface area contributed by atoms with Crippen molar-refractivity contribution in [1.29, 1.82) is 0 Å². The Bertz CT molecular complexity index is 1210. The minimum Gasteiger partial charge on any atom is -0.494 e. The summed E-state index contributed by atoms with van der Waals surface area (Å²) >= 11 is 0. The standard InChI is InChI=1S/C24H28N6O3/c1-15-10-17(6-9-26-15)24-29(2)20(14-33-24)23(31)28-19-13-30-12-18(16-4-7-25-8-5-16)27-22(30)11-21(19)32-3/h6,9-14,16,24-25H,4-5,7-8H2,1-3H3,(H,28,31). The third kappa shape index (κ3) is 4.11. The van der Waals surface area contributed by atoms with Crippen LogP contribution in [0, 0.1) is 6.92 Å². The number of amides is 1. The van der Waals surface area contributed by atoms with Crippen LogP contribution in [0.1, 0.15) is 41.9 Å². The summed E-state index contributed by atoms with van der Waals surface area (Å²) < 4.78 is 13.3. The van der Waals surface area contributed by atoms with E-state index in [0.717, 1.165) is 48.5 Å². The zero-order valence-corrected chi connectivity index (χ0v) is 19.0. The van der Waals surface area contributed by atoms with Crippen LogP contribution in [0.2, 0.25) is 0 Å². The number of likely N-dealkylation sites (N-methyl/N-ethyl adjacent to an activating group) is 1. The van der Waals surface area contributed by atoms with Crippen molar-refractivity contribution in [2.45, 2.75) is 31.9 Å². The highest BCUT2D eigenvalue weighted by molar-refractivity contribution is 6.04. The molecule has 1 saturated heterocycles. The summed E-state index contributed by atoms with van der Waals surface area (Å²) in [7, 11) is 3.42. The van der Waals surface area contributed by atoms with E-state index in [4.69, 9.17) is 14.5 Å². The molecule has 33 heavy (non-hydrogen) atoms. The highest BCUT2D eigenvalue weighted by Crippen LogP contribution is 2.33. The molecule has 1 atom stereocenters. The Labute approximate surface area is 192 Å². The Morgan fingerprint density at radius 1 is 1.27 bits per heavy atom. The second-order valence-corrected chi connectivity index (χ2v) is 8.50. The zero-order valence-electron chi connectivity index (χ0n) is 19.0. The first-order valence-corrected chi connectivity index (χ1v) is 11.1. The van der Waals surface area contributed by atoms with E-state index < -0.39 is 0 Å². The van der Waals surface area contributed by atoms with Crippen molar-refractivity contribution in [3.8, 4) is 5.75 Å². The van der Waals surface area contributed by atoms with Crippen LogP contribution in [-0.4, -0.2) is 52.4 Å². The van der Waals surface area contributed by atoms with E-state index in [1.54, 1.807) is 13.3 Å². The lowest BCUT2D eigenvalue weighted by molar-refractivity contribution is -0.114. The van der Waals surface area contributed by atoms with Gasteiger partial charge in [-0.2, -0.15) is 0 Å². The number of piperidine rings is 1. The fourth-order valence-electron chi connectivity index (χ4n) is 4.47. The van der Waals surface area contributed by atoms with Gasteiger partial charge in [-0.1, -0.05) is 0 Å². The highest BCUT2D eigenvalue weighted by atomic mass is 16.5. The summed E-state index contributed by atoms with van der Waals surface area (Å²) in [5, 5.41) is 6.36. The number of carbonyl (C=O) groups is 1. The van der Waals surface area contributed by atoms with E-state index in [-0.39, 0.29) is 12.1 Å². The summed E-state index contributed by atoms with van der Waals surface area (Å²) in [6.45, 7) is 3.94. The molecule has 1 unspecified atom stereocenters. The zero-order chi connectivity index (χ0) is 22.9. The van der Waals surface area contributed by atoms with E-state index in [2.05, 4.69) is 15.6 Å². The molecule has 172 valence electrons. The van der Waals surface area contributed by atoms with E-state index >= 15 is 0 Å². The number of rotatable bonds is 5. The molecule has 0 bridgehead atoms. The number of ether oxygens (including phenoxy) is 2. The molecule has 9 heteroatoms. The highest BCUT2D eigenvalue weighted by Gasteiger charge is 2.31. The quantitative estimate of drug-likeness (QED) is 0.620. The third-order valence-electron chi connectivity index (χ3n) is 6.28. The van der Waals surface area contributed by atoms with Crippen LogP contribution >= 0.6 is 0 Å². The van der Waals surface area contributed by atoms with E-state index in [1.165, 1.54) is 6.26 Å². The van der Waals surface area contributed by atoms with Gasteiger partial charge in [0.25, 0.3) is 5.91 Å². The van der Waals surface area contributed by atoms with Crippen molar-refractivity contribution in [2.24, 2.45) is 0 Å². The number of hydrogen-bond donors (Lipinski definition) is 2. The molecule has 0 radical (unpaired) electrons. The first-order chi connectivity index (χ1) is 16.0. The van der Waals surface area contributed by atoms with E-state index in [1.807, 2.05) is 53.9 Å². The molecule has 0 aliphatic carbocycles. The number of nitrogens with one attached hydrogen (secondary N) is 2. The van der Waals surface area contributed by atoms with Gasteiger partial charge in [-0.3, -0.25) is 9.78 Å². The second kappa shape index (κ2) is 8.74. The number of imidazole rings is 1. The van der Waals surface area contributed by atoms with Crippen molar-refractivity contribution in [2.75, 3.05) is 32.6 Å². The number of fused-ring (bicyclic) bond motifs is 1. The number of nitrogens with zero attached hydrogens (tertiary/aromatic N) is 4. The second-order valence-electron chi connectivity index (χ2n) is 8.50. The minimum atomic E-state index is -0.377. The summed E-state index contributed by atoms with van der Waals surface area (Å²) in [6.07, 6.45) is 8.90. The Kier molecular flexibility index (Phi) is 5.63. The van der Waals surface area contributed by atoms with Gasteiger partial charge in [-0.25, -0.2) is 4.98 Å². The minimum absolute atomic E-state index is 0.276. The van der Waals surface area contributed by atoms with Gasteiger partial charge in [0, 0.05) is 48.9 Å². The summed E-state index contributed by atoms with van der Waals surface area (Å²) in [6, 6.07) is 5.69. The molecule has 3 aromatic rings. The number of hydrogen-bond acceptors (Lipinski definition) is 7. The van der Waals surface area contributed by atoms with Crippen LogP contribution in [0.3, 0.4) is 0 Å². The molecule has 0 aromatic carbocycles. The molecular weight excluding hydrogens is 420 g/mol. The van der Waals surface area contributed by atoms with Gasteiger partial charge >= 0.3 is 0 Å². The monoisotopic (exact) mass is 448 g/mol. The van der Waals surface area contributed by atoms with Crippen molar-refractivity contribution in [3.63, 3.8) is 0 Å². The number of methoxy groups -OCH3 is 1. The fourth-order valence-corrected chi connectivity index (χ4v) is 4.47. The first kappa shape index (κ1) is 21.3. The Morgan fingerprint density at radius 2 is 2.09 bits per heavy atom. The number of anilines is 1. The summed E-state index contributed by atoms with van der Waals surface area (Å²) in [5.41, 5.74) is 4.70. The molecule has 2 aliphatic heterocycles. The molecule has 0 saturated carbocycles. The number of aryl methyl sites for hydroxylation is 1. The van der Waals surface area contributed by atoms with Gasteiger partial charge in [0.2, 0.25) is 0 Å². The predicted molar refractivity (Wildman–Crippen MR) is 124 cm³/mol. The molecule has 5 heterocycles. The van der Waals surface area contributed by atoms with E-state index in [9.17, 15) is 4.79 Å². The number of carbonyl (C=O) groups excluding carboxylic acids is 1. The number of pyridine rings is 2. The van der Waals surface area contributed by atoms with Crippen LogP contribution in [0.25, 0.3) is 5.65 Å². The lowest BCUT2D eigenvalue weighted by atomic mass is 9.95. The maximum absolute atomic E-state index is 13.1. The van der Waals surface area contributed by atoms with Crippen LogP contribution in [-0.2, 0) is 9.53 Å². The van der Waals surface area contributed by atoms with Crippen molar-refractivity contribution >= 4 is 17.2 Å². The van der Waals surface area contributed by atoms with Crippen molar-refractivity contribution < 1.29 is 14.3 Å². The smallest absolute Gasteiger partial charge is 0.275 e. The third-order valence-corrected chi connectivity index (χ3v) is 6.28. The van der Waals surface area contributed by atoms with Crippen LogP contribution in [0.15, 0.2) is 48.7 Å². The Morgan fingerprint density at radius 3 is 2.85 bits per heavy atom. The molecule has 3 aromatic heterocycles. The lowest BCUT2D eigenvalue weighted by Crippen LogP contribution is -2.27. The van der Waals surface area contributed by atoms with Crippen molar-refractivity contribution in [3.05, 3.63) is 65.7 Å². The normalized spacial score (nSPS) is 18.8. The lowest BCUT2D eigenvalue weighted by Gasteiger charge is -2.23. The average Bonchev–Trinajstić information content (AvgIpc) is 3.42. The predicted octanol–water partition coefficient (Wildman–Crippen LogP) is 2.95. The average molecular weight is 449 g/mol. The summed E-state index contributed by atoms with van der Waals surface area (Å²) in [4.78, 5) is 24.0. The van der Waals surface area contributed by atoms with Crippen LogP contribution in [0.4, 0.5) is 5.69 Å². The van der Waals surface area contributed by atoms with Gasteiger partial charge in [0.15, 0.2) is 6.23 Å². The van der Waals surface area contributed by atoms with Gasteiger partial charge in [-0.05, 0) is 45.0 Å². The Balaban J connectivity index is 1.36. The molecule has 2 N–H and O–H groups in total. The molecular formula is C24H28N6O3. The first-order valence-electron chi connectivity index (χ1n) is 11.1. The molecule has 0 spiro atoms. The van der Waals surface area contributed by atoms with Crippen molar-refractivity contribution in [1.82, 2.24) is 24.6 Å². The maximum atomic E-state index is 13.1. The molecule has 1 fully saturated rings. The van der Waals surface area contributed by atoms with E-state index in [0.29, 0.717) is 23.1 Å². The topological polar surface area (TPSA) is 93.0 Å². The SMILES string of the molecule is COc1cc2nc(C3CCNCC3)cn2cc1NC(=O)C1=COC(c2ccnc(C)c2)N1C. The van der Waals surface area contributed by atoms with Gasteiger partial charge < -0.3 is 29.4 Å². The molecule has 2 aliphatic rings. The maximum Gasteiger partial charge on any atom is 0.275 e. The van der Waals surface area contributed by atoms with Crippen LogP contribution in [0.5, 0.6) is 5.75 Å². The molecule has 5 rings (SSSR count). The summed E-state index contributed by atoms with van der Waals surface area (Å²) in [5.74, 6) is 0.724. The molecule has 9 nitrogen and oxygen atoms in total. The largest absolute Gasteiger partial charge is 0.494 e. The number of aromatic nitrogens is 3. The van der Waals surface area contributed by atoms with Gasteiger partial charge in [0.05, 0.1) is 12.8 Å². The Hall–Kier alpha value is -3.59. The fraction of sp³-hybridized carbons (Fsp3) is 0.375. The molecule has 1 amide bonds. The van der Waals surface area contributed by atoms with Crippen LogP contribution < -0.4 is 15.4 Å². The van der Waals surface area contributed by atoms with Gasteiger partial charge in [-0.15, -0.1) is 0 Å². The van der Waals surface area contributed by atoms with Gasteiger partial charge in [0.1, 0.15) is 29.0 Å².